The largest absolute Gasteiger partial charge is 0.345 e. The molecular weight excluding hydrogens is 278 g/mol. The number of nitrogens with one attached hydrogen (secondary N) is 1. The quantitative estimate of drug-likeness (QED) is 0.884. The van der Waals surface area contributed by atoms with E-state index in [0.717, 1.165) is 11.3 Å². The molecule has 3 heteroatoms. The number of hydrogen-bond donors (Lipinski definition) is 1. The maximum atomic E-state index is 12.2. The molecule has 2 nitrogen and oxygen atoms in total. The van der Waals surface area contributed by atoms with Gasteiger partial charge in [-0.05, 0) is 60.2 Å². The van der Waals surface area contributed by atoms with Crippen molar-refractivity contribution in [1.82, 2.24) is 5.32 Å². The van der Waals surface area contributed by atoms with E-state index in [1.54, 1.807) is 0 Å². The van der Waals surface area contributed by atoms with E-state index < -0.39 is 0 Å². The Morgan fingerprint density at radius 3 is 2.76 bits per heavy atom. The van der Waals surface area contributed by atoms with E-state index in [4.69, 9.17) is 0 Å². The van der Waals surface area contributed by atoms with E-state index in [9.17, 15) is 4.79 Å². The van der Waals surface area contributed by atoms with Gasteiger partial charge in [-0.15, -0.1) is 11.3 Å². The van der Waals surface area contributed by atoms with Gasteiger partial charge in [0.05, 0.1) is 10.9 Å². The molecule has 1 aromatic heterocycles. The van der Waals surface area contributed by atoms with Crippen LogP contribution < -0.4 is 5.32 Å². The molecule has 0 fully saturated rings. The molecule has 0 spiro atoms. The Bertz CT molecular complexity index is 618. The van der Waals surface area contributed by atoms with Gasteiger partial charge in [-0.2, -0.15) is 0 Å². The smallest absolute Gasteiger partial charge is 0.261 e. The molecule has 1 atom stereocenters. The summed E-state index contributed by atoms with van der Waals surface area (Å²) in [5.41, 5.74) is 4.20. The Morgan fingerprint density at radius 1 is 1.24 bits per heavy atom. The number of fused-ring (bicyclic) bond motifs is 1. The molecule has 0 saturated carbocycles. The Hall–Kier alpha value is -1.61. The minimum Gasteiger partial charge on any atom is -0.345 e. The third-order valence-electron chi connectivity index (χ3n) is 4.23. The lowest BCUT2D eigenvalue weighted by molar-refractivity contribution is 0.0939. The average Bonchev–Trinajstić information content (AvgIpc) is 3.06. The molecule has 0 aliphatic heterocycles. The van der Waals surface area contributed by atoms with E-state index in [2.05, 4.69) is 30.4 Å². The molecule has 0 bridgehead atoms. The van der Waals surface area contributed by atoms with Gasteiger partial charge >= 0.3 is 0 Å². The molecule has 0 radical (unpaired) electrons. The summed E-state index contributed by atoms with van der Waals surface area (Å²) >= 11 is 1.49. The number of carbonyl (C=O) groups excluding carboxylic acids is 1. The van der Waals surface area contributed by atoms with E-state index in [-0.39, 0.29) is 11.9 Å². The lowest BCUT2D eigenvalue weighted by atomic mass is 9.89. The monoisotopic (exact) mass is 299 g/mol. The molecule has 1 heterocycles. The third-order valence-corrected chi connectivity index (χ3v) is 5.10. The van der Waals surface area contributed by atoms with Crippen molar-refractivity contribution in [2.45, 2.75) is 45.1 Å². The molecule has 2 aromatic rings. The molecule has 21 heavy (non-hydrogen) atoms. The maximum absolute atomic E-state index is 12.2. The van der Waals surface area contributed by atoms with Gasteiger partial charge in [-0.1, -0.05) is 31.2 Å². The molecular formula is C18H21NOS. The summed E-state index contributed by atoms with van der Waals surface area (Å²) in [5.74, 6) is 0.0366. The predicted octanol–water partition coefficient (Wildman–Crippen LogP) is 4.51. The summed E-state index contributed by atoms with van der Waals surface area (Å²) < 4.78 is 0. The number of thiophene rings is 1. The molecule has 3 rings (SSSR count). The van der Waals surface area contributed by atoms with Crippen LogP contribution in [0.5, 0.6) is 0 Å². The molecule has 1 aliphatic rings. The standard InChI is InChI=1S/C18H21NOS/c1-2-16(19-18(20)17-8-5-11-21-17)15-10-9-13-6-3-4-7-14(13)12-15/h5,8-12,16H,2-4,6-7H2,1H3,(H,19,20). The van der Waals surface area contributed by atoms with E-state index in [1.807, 2.05) is 17.5 Å². The van der Waals surface area contributed by atoms with Crippen molar-refractivity contribution < 1.29 is 4.79 Å². The number of carbonyl (C=O) groups is 1. The van der Waals surface area contributed by atoms with E-state index in [1.165, 1.54) is 53.7 Å². The van der Waals surface area contributed by atoms with Crippen LogP contribution >= 0.6 is 11.3 Å². The van der Waals surface area contributed by atoms with Crippen molar-refractivity contribution in [3.63, 3.8) is 0 Å². The third kappa shape index (κ3) is 3.18. The first-order chi connectivity index (χ1) is 10.3. The fourth-order valence-electron chi connectivity index (χ4n) is 3.03. The topological polar surface area (TPSA) is 29.1 Å². The number of aryl methyl sites for hydroxylation is 2. The average molecular weight is 299 g/mol. The molecule has 1 aliphatic carbocycles. The fraction of sp³-hybridized carbons (Fsp3) is 0.389. The molecule has 110 valence electrons. The molecule has 1 aromatic carbocycles. The minimum atomic E-state index is 0.0366. The normalized spacial score (nSPS) is 15.3. The van der Waals surface area contributed by atoms with Crippen LogP contribution in [0.2, 0.25) is 0 Å². The van der Waals surface area contributed by atoms with Gasteiger partial charge in [0, 0.05) is 0 Å². The summed E-state index contributed by atoms with van der Waals surface area (Å²) in [4.78, 5) is 13.0. The fourth-order valence-corrected chi connectivity index (χ4v) is 3.66. The van der Waals surface area contributed by atoms with Crippen molar-refractivity contribution in [2.75, 3.05) is 0 Å². The highest BCUT2D eigenvalue weighted by molar-refractivity contribution is 7.12. The lowest BCUT2D eigenvalue weighted by Crippen LogP contribution is -2.27. The SMILES string of the molecule is CCC(NC(=O)c1cccs1)c1ccc2c(c1)CCCC2. The highest BCUT2D eigenvalue weighted by atomic mass is 32.1. The summed E-state index contributed by atoms with van der Waals surface area (Å²) in [6, 6.07) is 10.6. The minimum absolute atomic E-state index is 0.0366. The second-order valence-corrected chi connectivity index (χ2v) is 6.59. The van der Waals surface area contributed by atoms with Gasteiger partial charge in [0.2, 0.25) is 0 Å². The second-order valence-electron chi connectivity index (χ2n) is 5.65. The van der Waals surface area contributed by atoms with Crippen molar-refractivity contribution in [3.05, 3.63) is 57.3 Å². The summed E-state index contributed by atoms with van der Waals surface area (Å²) in [7, 11) is 0. The van der Waals surface area contributed by atoms with Gasteiger partial charge < -0.3 is 5.32 Å². The summed E-state index contributed by atoms with van der Waals surface area (Å²) in [6.07, 6.45) is 5.88. The molecule has 1 N–H and O–H groups in total. The van der Waals surface area contributed by atoms with Crippen LogP contribution in [0.15, 0.2) is 35.7 Å². The van der Waals surface area contributed by atoms with Crippen molar-refractivity contribution in [3.8, 4) is 0 Å². The van der Waals surface area contributed by atoms with E-state index in [0.29, 0.717) is 0 Å². The first-order valence-electron chi connectivity index (χ1n) is 7.74. The zero-order chi connectivity index (χ0) is 14.7. The van der Waals surface area contributed by atoms with Crippen LogP contribution in [0.25, 0.3) is 0 Å². The van der Waals surface area contributed by atoms with Crippen molar-refractivity contribution in [1.29, 1.82) is 0 Å². The maximum Gasteiger partial charge on any atom is 0.261 e. The summed E-state index contributed by atoms with van der Waals surface area (Å²) in [6.45, 7) is 2.12. The van der Waals surface area contributed by atoms with Crippen LogP contribution in [0, 0.1) is 0 Å². The first-order valence-corrected chi connectivity index (χ1v) is 8.62. The highest BCUT2D eigenvalue weighted by Gasteiger charge is 2.17. The van der Waals surface area contributed by atoms with Crippen LogP contribution in [-0.4, -0.2) is 5.91 Å². The number of benzene rings is 1. The predicted molar refractivity (Wildman–Crippen MR) is 87.9 cm³/mol. The molecule has 1 amide bonds. The van der Waals surface area contributed by atoms with Gasteiger partial charge in [0.1, 0.15) is 0 Å². The Balaban J connectivity index is 1.78. The number of hydrogen-bond acceptors (Lipinski definition) is 2. The van der Waals surface area contributed by atoms with Crippen LogP contribution in [0.1, 0.15) is 58.6 Å². The van der Waals surface area contributed by atoms with Crippen LogP contribution in [-0.2, 0) is 12.8 Å². The van der Waals surface area contributed by atoms with Crippen LogP contribution in [0.4, 0.5) is 0 Å². The summed E-state index contributed by atoms with van der Waals surface area (Å²) in [5, 5.41) is 5.10. The van der Waals surface area contributed by atoms with Gasteiger partial charge in [-0.25, -0.2) is 0 Å². The van der Waals surface area contributed by atoms with Crippen molar-refractivity contribution >= 4 is 17.2 Å². The number of amides is 1. The highest BCUT2D eigenvalue weighted by Crippen LogP contribution is 2.26. The van der Waals surface area contributed by atoms with E-state index >= 15 is 0 Å². The molecule has 0 saturated heterocycles. The molecule has 1 unspecified atom stereocenters. The van der Waals surface area contributed by atoms with Gasteiger partial charge in [0.25, 0.3) is 5.91 Å². The second kappa shape index (κ2) is 6.44. The number of rotatable bonds is 4. The zero-order valence-electron chi connectivity index (χ0n) is 12.4. The Kier molecular flexibility index (Phi) is 4.39. The Morgan fingerprint density at radius 2 is 2.05 bits per heavy atom. The Labute approximate surface area is 130 Å². The zero-order valence-corrected chi connectivity index (χ0v) is 13.2. The van der Waals surface area contributed by atoms with Gasteiger partial charge in [-0.3, -0.25) is 4.79 Å². The first kappa shape index (κ1) is 14.3. The van der Waals surface area contributed by atoms with Crippen LogP contribution in [0.3, 0.4) is 0 Å². The van der Waals surface area contributed by atoms with Gasteiger partial charge in [0.15, 0.2) is 0 Å². The lowest BCUT2D eigenvalue weighted by Gasteiger charge is -2.21. The van der Waals surface area contributed by atoms with Crippen molar-refractivity contribution in [2.24, 2.45) is 0 Å².